The van der Waals surface area contributed by atoms with Crippen LogP contribution in [0.3, 0.4) is 0 Å². The molecule has 3 rings (SSSR count). The number of aldehydes is 1. The van der Waals surface area contributed by atoms with E-state index in [1.54, 1.807) is 13.0 Å². The Bertz CT molecular complexity index is 990. The highest BCUT2D eigenvalue weighted by Gasteiger charge is 2.38. The Labute approximate surface area is 163 Å². The van der Waals surface area contributed by atoms with Gasteiger partial charge in [-0.3, -0.25) is 9.59 Å². The number of fused-ring (bicyclic) bond motifs is 1. The number of ketones is 1. The molecular weight excluding hydrogens is 402 g/mol. The minimum atomic E-state index is -4.43. The van der Waals surface area contributed by atoms with Crippen molar-refractivity contribution in [3.05, 3.63) is 61.9 Å². The fourth-order valence-electron chi connectivity index (χ4n) is 3.29. The smallest absolute Gasteiger partial charge is 0.341 e. The first-order chi connectivity index (χ1) is 12.6. The zero-order valence-corrected chi connectivity index (χ0v) is 15.8. The largest absolute Gasteiger partial charge is 0.412 e. The number of carbonyl (C=O) groups is 2. The van der Waals surface area contributed by atoms with Crippen LogP contribution in [0.15, 0.2) is 23.8 Å². The van der Waals surface area contributed by atoms with Gasteiger partial charge in [-0.1, -0.05) is 30.1 Å². The van der Waals surface area contributed by atoms with Crippen molar-refractivity contribution in [2.24, 2.45) is 7.05 Å². The average Bonchev–Trinajstić information content (AvgIpc) is 2.92. The Morgan fingerprint density at radius 1 is 1.30 bits per heavy atom. The molecular formula is C19H14Cl2F3NO2. The molecule has 0 saturated heterocycles. The highest BCUT2D eigenvalue weighted by molar-refractivity contribution is 6.42. The number of benzene rings is 1. The zero-order valence-electron chi connectivity index (χ0n) is 14.3. The fourth-order valence-corrected chi connectivity index (χ4v) is 3.88. The summed E-state index contributed by atoms with van der Waals surface area (Å²) in [5.41, 5.74) is 0.542. The van der Waals surface area contributed by atoms with E-state index < -0.39 is 23.5 Å². The van der Waals surface area contributed by atoms with Crippen molar-refractivity contribution in [2.45, 2.75) is 25.4 Å². The van der Waals surface area contributed by atoms with Gasteiger partial charge in [0, 0.05) is 23.9 Å². The second kappa shape index (κ2) is 6.84. The molecule has 8 heteroatoms. The molecule has 1 heterocycles. The first-order valence-electron chi connectivity index (χ1n) is 8.01. The number of alkyl halides is 3. The van der Waals surface area contributed by atoms with Crippen LogP contribution in [0.1, 0.15) is 56.9 Å². The van der Waals surface area contributed by atoms with Gasteiger partial charge in [-0.05, 0) is 42.2 Å². The first-order valence-corrected chi connectivity index (χ1v) is 8.77. The minimum absolute atomic E-state index is 0.0476. The minimum Gasteiger partial charge on any atom is -0.341 e. The second-order valence-corrected chi connectivity index (χ2v) is 7.26. The van der Waals surface area contributed by atoms with Gasteiger partial charge in [0.25, 0.3) is 0 Å². The predicted octanol–water partition coefficient (Wildman–Crippen LogP) is 5.83. The van der Waals surface area contributed by atoms with Crippen LogP contribution in [0, 0.1) is 0 Å². The van der Waals surface area contributed by atoms with Crippen molar-refractivity contribution in [3.63, 3.8) is 0 Å². The van der Waals surface area contributed by atoms with Gasteiger partial charge >= 0.3 is 6.18 Å². The summed E-state index contributed by atoms with van der Waals surface area (Å²) in [5, 5.41) is -0.0180. The van der Waals surface area contributed by atoms with Crippen LogP contribution in [0.2, 0.25) is 10.0 Å². The van der Waals surface area contributed by atoms with Gasteiger partial charge in [-0.15, -0.1) is 0 Å². The topological polar surface area (TPSA) is 39.1 Å². The van der Waals surface area contributed by atoms with Crippen LogP contribution in [-0.4, -0.2) is 22.8 Å². The van der Waals surface area contributed by atoms with Crippen molar-refractivity contribution in [1.29, 1.82) is 0 Å². The van der Waals surface area contributed by atoms with Crippen LogP contribution in [0.4, 0.5) is 13.2 Å². The standard InChI is InChI=1S/C19H14Cl2F3NO2/c1-9-5-11(19(22,23)24)6-14-12(9)7-15(25(14)2)18(27)16-13(20)4-3-10(8-26)17(16)21/h3-4,6-9H,5H2,1-2H3. The van der Waals surface area contributed by atoms with Crippen LogP contribution >= 0.6 is 23.2 Å². The van der Waals surface area contributed by atoms with Crippen LogP contribution in [0.5, 0.6) is 0 Å². The third-order valence-electron chi connectivity index (χ3n) is 4.75. The zero-order chi connectivity index (χ0) is 20.1. The van der Waals surface area contributed by atoms with Crippen molar-refractivity contribution < 1.29 is 22.8 Å². The summed E-state index contributed by atoms with van der Waals surface area (Å²) < 4.78 is 40.8. The maximum Gasteiger partial charge on any atom is 0.412 e. The molecule has 1 aliphatic carbocycles. The Morgan fingerprint density at radius 2 is 1.96 bits per heavy atom. The lowest BCUT2D eigenvalue weighted by molar-refractivity contribution is -0.0937. The molecule has 1 unspecified atom stereocenters. The molecule has 0 spiro atoms. The van der Waals surface area contributed by atoms with Gasteiger partial charge < -0.3 is 4.57 Å². The number of allylic oxidation sites excluding steroid dienone is 1. The van der Waals surface area contributed by atoms with Gasteiger partial charge in [0.1, 0.15) is 0 Å². The number of aromatic nitrogens is 1. The van der Waals surface area contributed by atoms with Crippen molar-refractivity contribution in [2.75, 3.05) is 0 Å². The average molecular weight is 416 g/mol. The maximum absolute atomic E-state index is 13.1. The summed E-state index contributed by atoms with van der Waals surface area (Å²) in [4.78, 5) is 24.1. The lowest BCUT2D eigenvalue weighted by Crippen LogP contribution is -2.18. The van der Waals surface area contributed by atoms with E-state index in [1.165, 1.54) is 23.7 Å². The molecule has 0 bridgehead atoms. The molecule has 0 amide bonds. The van der Waals surface area contributed by atoms with Crippen LogP contribution in [0.25, 0.3) is 6.08 Å². The molecule has 1 aromatic carbocycles. The number of hydrogen-bond acceptors (Lipinski definition) is 2. The Balaban J connectivity index is 2.16. The van der Waals surface area contributed by atoms with E-state index >= 15 is 0 Å². The molecule has 2 aromatic rings. The molecule has 0 N–H and O–H groups in total. The quantitative estimate of drug-likeness (QED) is 0.467. The molecule has 0 fully saturated rings. The number of halogens is 5. The molecule has 0 radical (unpaired) electrons. The van der Waals surface area contributed by atoms with E-state index in [9.17, 15) is 22.8 Å². The van der Waals surface area contributed by atoms with E-state index in [0.29, 0.717) is 17.5 Å². The Hall–Kier alpha value is -2.05. The van der Waals surface area contributed by atoms with E-state index in [4.69, 9.17) is 23.2 Å². The van der Waals surface area contributed by atoms with Gasteiger partial charge in [-0.25, -0.2) is 0 Å². The number of hydrogen-bond donors (Lipinski definition) is 0. The van der Waals surface area contributed by atoms with Crippen LogP contribution < -0.4 is 0 Å². The van der Waals surface area contributed by atoms with Crippen molar-refractivity contribution in [1.82, 2.24) is 4.57 Å². The molecule has 0 aliphatic heterocycles. The summed E-state index contributed by atoms with van der Waals surface area (Å²) in [5.74, 6) is -0.957. The summed E-state index contributed by atoms with van der Waals surface area (Å²) in [7, 11) is 1.51. The molecule has 27 heavy (non-hydrogen) atoms. The van der Waals surface area contributed by atoms with E-state index in [0.717, 1.165) is 6.08 Å². The predicted molar refractivity (Wildman–Crippen MR) is 97.8 cm³/mol. The van der Waals surface area contributed by atoms with Gasteiger partial charge in [-0.2, -0.15) is 13.2 Å². The maximum atomic E-state index is 13.1. The summed E-state index contributed by atoms with van der Waals surface area (Å²) in [6.45, 7) is 1.68. The van der Waals surface area contributed by atoms with Gasteiger partial charge in [0.2, 0.25) is 5.78 Å². The Kier molecular flexibility index (Phi) is 4.99. The number of carbonyl (C=O) groups excluding carboxylic acids is 2. The van der Waals surface area contributed by atoms with Gasteiger partial charge in [0.15, 0.2) is 6.29 Å². The SMILES string of the molecule is CC1CC(C(F)(F)F)=Cc2c1cc(C(=O)c1c(Cl)ccc(C=O)c1Cl)n2C. The normalized spacial score (nSPS) is 16.7. The number of rotatable bonds is 3. The third kappa shape index (κ3) is 3.32. The lowest BCUT2D eigenvalue weighted by atomic mass is 9.87. The van der Waals surface area contributed by atoms with Crippen LogP contribution in [-0.2, 0) is 7.05 Å². The van der Waals surface area contributed by atoms with Crippen molar-refractivity contribution >= 4 is 41.3 Å². The summed E-state index contributed by atoms with van der Waals surface area (Å²) >= 11 is 12.2. The van der Waals surface area contributed by atoms with E-state index in [1.807, 2.05) is 0 Å². The summed E-state index contributed by atoms with van der Waals surface area (Å²) in [6.07, 6.45) is -3.01. The molecule has 3 nitrogen and oxygen atoms in total. The van der Waals surface area contributed by atoms with Gasteiger partial charge in [0.05, 0.1) is 21.3 Å². The monoisotopic (exact) mass is 415 g/mol. The highest BCUT2D eigenvalue weighted by atomic mass is 35.5. The second-order valence-electron chi connectivity index (χ2n) is 6.47. The molecule has 142 valence electrons. The molecule has 1 aliphatic rings. The van der Waals surface area contributed by atoms with E-state index in [2.05, 4.69) is 0 Å². The van der Waals surface area contributed by atoms with E-state index in [-0.39, 0.29) is 33.3 Å². The molecule has 0 saturated carbocycles. The highest BCUT2D eigenvalue weighted by Crippen LogP contribution is 2.42. The lowest BCUT2D eigenvalue weighted by Gasteiger charge is -2.22. The van der Waals surface area contributed by atoms with Crippen molar-refractivity contribution in [3.8, 4) is 0 Å². The first kappa shape index (κ1) is 19.7. The Morgan fingerprint density at radius 3 is 2.56 bits per heavy atom. The summed E-state index contributed by atoms with van der Waals surface area (Å²) in [6, 6.07) is 4.34. The fraction of sp³-hybridized carbons (Fsp3) is 0.263. The number of nitrogens with zero attached hydrogens (tertiary/aromatic N) is 1. The molecule has 1 atom stereocenters. The molecule has 1 aromatic heterocycles. The third-order valence-corrected chi connectivity index (χ3v) is 5.47.